The zero-order chi connectivity index (χ0) is 25.7. The smallest absolute Gasteiger partial charge is 0.413 e. The highest BCUT2D eigenvalue weighted by atomic mass is 35.5. The Morgan fingerprint density at radius 2 is 1.92 bits per heavy atom. The number of methoxy groups -OCH3 is 1. The van der Waals surface area contributed by atoms with Crippen molar-refractivity contribution in [2.75, 3.05) is 43.6 Å². The number of anilines is 2. The molecule has 2 fully saturated rings. The number of nitrogens with zero attached hydrogens (tertiary/aromatic N) is 2. The van der Waals surface area contributed by atoms with Crippen molar-refractivity contribution in [3.05, 3.63) is 64.1 Å². The van der Waals surface area contributed by atoms with Crippen molar-refractivity contribution >= 4 is 58.6 Å². The molecule has 1 N–H and O–H groups in total. The van der Waals surface area contributed by atoms with Gasteiger partial charge in [-0.25, -0.2) is 4.79 Å². The lowest BCUT2D eigenvalue weighted by atomic mass is 10.2. The molecule has 0 spiro atoms. The third kappa shape index (κ3) is 6.36. The predicted octanol–water partition coefficient (Wildman–Crippen LogP) is 4.19. The number of ether oxygens (including phenoxy) is 3. The molecule has 2 aliphatic heterocycles. The monoisotopic (exact) mass is 533 g/mol. The van der Waals surface area contributed by atoms with Crippen LogP contribution in [0.4, 0.5) is 16.2 Å². The molecule has 2 aromatic rings. The van der Waals surface area contributed by atoms with Crippen molar-refractivity contribution in [2.24, 2.45) is 0 Å². The van der Waals surface area contributed by atoms with Crippen LogP contribution in [0.5, 0.6) is 0 Å². The SMILES string of the molecule is CO[C@@H]1C[C@@H](OC(=O)Nc2ccc(N3CCOCC3=O)cc2)N(C(=O)C=Cc2ccc(Cl)c(Cl)c2)C1. The number of halogens is 2. The molecule has 4 rings (SSSR count). The number of amides is 3. The van der Waals surface area contributed by atoms with Crippen molar-refractivity contribution in [1.29, 1.82) is 0 Å². The maximum Gasteiger partial charge on any atom is 0.413 e. The zero-order valence-electron chi connectivity index (χ0n) is 19.5. The summed E-state index contributed by atoms with van der Waals surface area (Å²) in [7, 11) is 1.54. The van der Waals surface area contributed by atoms with Gasteiger partial charge in [-0.05, 0) is 48.0 Å². The van der Waals surface area contributed by atoms with Gasteiger partial charge in [-0.2, -0.15) is 0 Å². The molecule has 0 aromatic heterocycles. The van der Waals surface area contributed by atoms with E-state index in [4.69, 9.17) is 37.4 Å². The van der Waals surface area contributed by atoms with Crippen molar-refractivity contribution in [3.8, 4) is 0 Å². The van der Waals surface area contributed by atoms with Gasteiger partial charge in [0.25, 0.3) is 5.91 Å². The summed E-state index contributed by atoms with van der Waals surface area (Å²) < 4.78 is 16.1. The first kappa shape index (κ1) is 26.0. The molecule has 2 aliphatic rings. The van der Waals surface area contributed by atoms with Crippen molar-refractivity contribution in [2.45, 2.75) is 18.8 Å². The van der Waals surface area contributed by atoms with Crippen molar-refractivity contribution in [1.82, 2.24) is 4.90 Å². The first-order valence-corrected chi connectivity index (χ1v) is 12.0. The topological polar surface area (TPSA) is 97.4 Å². The lowest BCUT2D eigenvalue weighted by molar-refractivity contribution is -0.132. The van der Waals surface area contributed by atoms with Crippen LogP contribution in [0.15, 0.2) is 48.5 Å². The number of likely N-dealkylation sites (tertiary alicyclic amines) is 1. The first-order chi connectivity index (χ1) is 17.3. The first-order valence-electron chi connectivity index (χ1n) is 11.3. The third-order valence-electron chi connectivity index (χ3n) is 5.85. The van der Waals surface area contributed by atoms with Gasteiger partial charge in [0, 0.05) is 37.5 Å². The lowest BCUT2D eigenvalue weighted by Gasteiger charge is -2.27. The molecule has 2 atom stereocenters. The standard InChI is InChI=1S/C25H25Cl2N3O6/c1-34-19-13-24(30(14-19)22(31)9-3-16-2-8-20(26)21(27)12-16)36-25(33)28-17-4-6-18(7-5-17)29-10-11-35-15-23(29)32/h2-9,12,19,24H,10-11,13-15H2,1H3,(H,28,33)/t19-,24-/m1/s1. The van der Waals surface area contributed by atoms with Gasteiger partial charge in [0.15, 0.2) is 6.23 Å². The normalized spacial score (nSPS) is 20.1. The van der Waals surface area contributed by atoms with Gasteiger partial charge in [0.2, 0.25) is 5.91 Å². The Morgan fingerprint density at radius 3 is 2.61 bits per heavy atom. The Hall–Kier alpha value is -3.11. The van der Waals surface area contributed by atoms with Crippen LogP contribution in [0, 0.1) is 0 Å². The third-order valence-corrected chi connectivity index (χ3v) is 6.58. The number of hydrogen-bond acceptors (Lipinski definition) is 6. The molecule has 36 heavy (non-hydrogen) atoms. The molecule has 0 aliphatic carbocycles. The minimum absolute atomic E-state index is 0.0496. The maximum absolute atomic E-state index is 12.9. The number of nitrogens with one attached hydrogen (secondary N) is 1. The Labute approximate surface area is 218 Å². The fourth-order valence-corrected chi connectivity index (χ4v) is 4.25. The van der Waals surface area contributed by atoms with Crippen LogP contribution in [0.3, 0.4) is 0 Å². The Morgan fingerprint density at radius 1 is 1.14 bits per heavy atom. The lowest BCUT2D eigenvalue weighted by Crippen LogP contribution is -2.41. The van der Waals surface area contributed by atoms with Gasteiger partial charge in [0.1, 0.15) is 6.61 Å². The largest absolute Gasteiger partial charge is 0.425 e. The molecule has 11 heteroatoms. The summed E-state index contributed by atoms with van der Waals surface area (Å²) >= 11 is 12.0. The highest BCUT2D eigenvalue weighted by molar-refractivity contribution is 6.42. The molecule has 2 aromatic carbocycles. The van der Waals surface area contributed by atoms with Gasteiger partial charge in [-0.15, -0.1) is 0 Å². The molecule has 9 nitrogen and oxygen atoms in total. The molecule has 3 amide bonds. The summed E-state index contributed by atoms with van der Waals surface area (Å²) in [6, 6.07) is 11.9. The summed E-state index contributed by atoms with van der Waals surface area (Å²) in [6.07, 6.45) is 1.56. The highest BCUT2D eigenvalue weighted by Gasteiger charge is 2.37. The molecule has 2 heterocycles. The Balaban J connectivity index is 1.37. The van der Waals surface area contributed by atoms with Gasteiger partial charge in [-0.3, -0.25) is 14.9 Å². The number of rotatable bonds is 6. The number of hydrogen-bond donors (Lipinski definition) is 1. The summed E-state index contributed by atoms with van der Waals surface area (Å²) in [5.74, 6) is -0.453. The van der Waals surface area contributed by atoms with E-state index in [0.29, 0.717) is 46.6 Å². The van der Waals surface area contributed by atoms with Crippen LogP contribution in [-0.2, 0) is 23.8 Å². The fourth-order valence-electron chi connectivity index (χ4n) is 3.94. The Bertz CT molecular complexity index is 1160. The number of morpholine rings is 1. The summed E-state index contributed by atoms with van der Waals surface area (Å²) in [5.41, 5.74) is 1.91. The van der Waals surface area contributed by atoms with Gasteiger partial charge >= 0.3 is 6.09 Å². The van der Waals surface area contributed by atoms with Crippen LogP contribution < -0.4 is 10.2 Å². The molecule has 0 unspecified atom stereocenters. The second-order valence-corrected chi connectivity index (χ2v) is 9.04. The van der Waals surface area contributed by atoms with E-state index in [0.717, 1.165) is 0 Å². The van der Waals surface area contributed by atoms with Gasteiger partial charge < -0.3 is 24.0 Å². The van der Waals surface area contributed by atoms with E-state index >= 15 is 0 Å². The molecule has 2 saturated heterocycles. The second-order valence-electron chi connectivity index (χ2n) is 8.22. The molecule has 0 radical (unpaired) electrons. The van der Waals surface area contributed by atoms with Gasteiger partial charge in [-0.1, -0.05) is 29.3 Å². The van der Waals surface area contributed by atoms with E-state index in [1.165, 1.54) is 11.0 Å². The van der Waals surface area contributed by atoms with Crippen molar-refractivity contribution < 1.29 is 28.6 Å². The maximum atomic E-state index is 12.9. The molecule has 190 valence electrons. The van der Waals surface area contributed by atoms with Crippen molar-refractivity contribution in [3.63, 3.8) is 0 Å². The van der Waals surface area contributed by atoms with Gasteiger partial charge in [0.05, 0.1) is 29.3 Å². The number of carbonyl (C=O) groups excluding carboxylic acids is 3. The number of benzene rings is 2. The van der Waals surface area contributed by atoms with Crippen LogP contribution in [0.2, 0.25) is 10.0 Å². The van der Waals surface area contributed by atoms with Crippen LogP contribution >= 0.6 is 23.2 Å². The van der Waals surface area contributed by atoms with Crippen LogP contribution in [0.1, 0.15) is 12.0 Å². The fraction of sp³-hybridized carbons (Fsp3) is 0.320. The molecular weight excluding hydrogens is 509 g/mol. The number of carbonyl (C=O) groups is 3. The Kier molecular flexibility index (Phi) is 8.48. The van der Waals surface area contributed by atoms with E-state index < -0.39 is 12.3 Å². The summed E-state index contributed by atoms with van der Waals surface area (Å²) in [6.45, 7) is 1.27. The van der Waals surface area contributed by atoms with E-state index in [1.807, 2.05) is 0 Å². The zero-order valence-corrected chi connectivity index (χ0v) is 21.0. The summed E-state index contributed by atoms with van der Waals surface area (Å²) in [5, 5.41) is 3.46. The minimum Gasteiger partial charge on any atom is -0.425 e. The summed E-state index contributed by atoms with van der Waals surface area (Å²) in [4.78, 5) is 40.5. The van der Waals surface area contributed by atoms with Crippen LogP contribution in [-0.4, -0.2) is 68.6 Å². The van der Waals surface area contributed by atoms with E-state index in [9.17, 15) is 14.4 Å². The average molecular weight is 534 g/mol. The van der Waals surface area contributed by atoms with E-state index in [1.54, 1.807) is 60.6 Å². The molecule has 0 saturated carbocycles. The van der Waals surface area contributed by atoms with E-state index in [2.05, 4.69) is 5.32 Å². The highest BCUT2D eigenvalue weighted by Crippen LogP contribution is 2.25. The second kappa shape index (κ2) is 11.7. The molecule has 0 bridgehead atoms. The average Bonchev–Trinajstić information content (AvgIpc) is 3.28. The van der Waals surface area contributed by atoms with Crippen LogP contribution in [0.25, 0.3) is 6.08 Å². The minimum atomic E-state index is -0.800. The quantitative estimate of drug-likeness (QED) is 0.559. The predicted molar refractivity (Wildman–Crippen MR) is 136 cm³/mol. The molecular formula is C25H25Cl2N3O6. The van der Waals surface area contributed by atoms with E-state index in [-0.39, 0.29) is 31.1 Å².